The molecular formula is C16H13F6N5O3S2. The maximum absolute atomic E-state index is 13.2. The van der Waals surface area contributed by atoms with Crippen LogP contribution in [0.5, 0.6) is 0 Å². The number of benzene rings is 1. The highest BCUT2D eigenvalue weighted by Gasteiger charge is 2.38. The fourth-order valence-electron chi connectivity index (χ4n) is 2.79. The largest absolute Gasteiger partial charge is 0.449 e. The molecule has 0 saturated carbocycles. The van der Waals surface area contributed by atoms with Crippen molar-refractivity contribution in [3.8, 4) is 0 Å². The van der Waals surface area contributed by atoms with Crippen LogP contribution in [0, 0.1) is 0 Å². The van der Waals surface area contributed by atoms with E-state index < -0.39 is 60.3 Å². The summed E-state index contributed by atoms with van der Waals surface area (Å²) in [5.41, 5.74) is -1.07. The minimum absolute atomic E-state index is 0.0435. The van der Waals surface area contributed by atoms with E-state index >= 15 is 0 Å². The molecule has 0 spiro atoms. The Bertz CT molecular complexity index is 1310. The Morgan fingerprint density at radius 1 is 1.12 bits per heavy atom. The Hall–Kier alpha value is -2.75. The minimum Gasteiger partial charge on any atom is -0.323 e. The first-order valence-electron chi connectivity index (χ1n) is 8.57. The number of aryl methyl sites for hydroxylation is 1. The van der Waals surface area contributed by atoms with Gasteiger partial charge in [-0.05, 0) is 12.1 Å². The molecule has 3 aromatic rings. The molecule has 0 atom stereocenters. The second-order valence-electron chi connectivity index (χ2n) is 6.48. The highest BCUT2D eigenvalue weighted by Crippen LogP contribution is 2.36. The van der Waals surface area contributed by atoms with Crippen LogP contribution in [-0.4, -0.2) is 46.9 Å². The normalized spacial score (nSPS) is 13.0. The molecule has 0 aliphatic carbocycles. The van der Waals surface area contributed by atoms with E-state index in [4.69, 9.17) is 0 Å². The molecule has 3 rings (SSSR count). The number of fused-ring (bicyclic) bond motifs is 1. The lowest BCUT2D eigenvalue weighted by Crippen LogP contribution is -2.28. The molecule has 0 radical (unpaired) electrons. The van der Waals surface area contributed by atoms with Gasteiger partial charge in [0.1, 0.15) is 0 Å². The number of hydrogen-bond acceptors (Lipinski definition) is 7. The van der Waals surface area contributed by atoms with Gasteiger partial charge < -0.3 is 4.57 Å². The zero-order chi connectivity index (χ0) is 24.2. The minimum atomic E-state index is -4.85. The number of carbonyl (C=O) groups is 1. The third kappa shape index (κ3) is 4.15. The van der Waals surface area contributed by atoms with Gasteiger partial charge in [0.05, 0.1) is 27.2 Å². The Kier molecular flexibility index (Phi) is 5.74. The van der Waals surface area contributed by atoms with Crippen LogP contribution in [0.3, 0.4) is 0 Å². The number of anilines is 1. The SMILES string of the molecule is CCS(=O)(=O)c1cc2c(cc1C(=O)N(C)c1nnc(C(F)(F)F)s1)nc(C(F)(F)F)n2C. The predicted octanol–water partition coefficient (Wildman–Crippen LogP) is 3.53. The van der Waals surface area contributed by atoms with Crippen molar-refractivity contribution < 1.29 is 39.6 Å². The molecule has 0 aliphatic rings. The third-order valence-electron chi connectivity index (χ3n) is 4.43. The number of carbonyl (C=O) groups excluding carboxylic acids is 1. The quantitative estimate of drug-likeness (QED) is 0.508. The zero-order valence-corrected chi connectivity index (χ0v) is 18.0. The molecule has 32 heavy (non-hydrogen) atoms. The highest BCUT2D eigenvalue weighted by molar-refractivity contribution is 7.91. The van der Waals surface area contributed by atoms with E-state index in [1.54, 1.807) is 0 Å². The van der Waals surface area contributed by atoms with Crippen LogP contribution in [0.15, 0.2) is 17.0 Å². The van der Waals surface area contributed by atoms with Gasteiger partial charge in [-0.2, -0.15) is 26.3 Å². The van der Waals surface area contributed by atoms with Crippen LogP contribution in [-0.2, 0) is 29.2 Å². The van der Waals surface area contributed by atoms with Crippen molar-refractivity contribution in [1.82, 2.24) is 19.7 Å². The van der Waals surface area contributed by atoms with Crippen LogP contribution >= 0.6 is 11.3 Å². The van der Waals surface area contributed by atoms with Gasteiger partial charge in [0, 0.05) is 14.1 Å². The lowest BCUT2D eigenvalue weighted by atomic mass is 10.1. The number of nitrogens with zero attached hydrogens (tertiary/aromatic N) is 5. The second-order valence-corrected chi connectivity index (χ2v) is 9.69. The Morgan fingerprint density at radius 3 is 2.25 bits per heavy atom. The summed E-state index contributed by atoms with van der Waals surface area (Å²) in [6, 6.07) is 1.75. The van der Waals surface area contributed by atoms with E-state index in [2.05, 4.69) is 15.2 Å². The van der Waals surface area contributed by atoms with Crippen LogP contribution < -0.4 is 4.90 Å². The van der Waals surface area contributed by atoms with Crippen LogP contribution in [0.1, 0.15) is 28.1 Å². The van der Waals surface area contributed by atoms with Gasteiger partial charge in [0.15, 0.2) is 9.84 Å². The molecule has 1 amide bonds. The van der Waals surface area contributed by atoms with E-state index in [9.17, 15) is 39.6 Å². The molecule has 2 aromatic heterocycles. The van der Waals surface area contributed by atoms with E-state index in [-0.39, 0.29) is 22.4 Å². The van der Waals surface area contributed by atoms with Gasteiger partial charge in [0.25, 0.3) is 5.91 Å². The van der Waals surface area contributed by atoms with Gasteiger partial charge in [-0.15, -0.1) is 10.2 Å². The van der Waals surface area contributed by atoms with Crippen molar-refractivity contribution >= 4 is 43.2 Å². The molecule has 0 fully saturated rings. The lowest BCUT2D eigenvalue weighted by molar-refractivity contribution is -0.146. The Balaban J connectivity index is 2.20. The van der Waals surface area contributed by atoms with Crippen LogP contribution in [0.2, 0.25) is 0 Å². The zero-order valence-electron chi connectivity index (χ0n) is 16.4. The monoisotopic (exact) mass is 501 g/mol. The Morgan fingerprint density at radius 2 is 1.75 bits per heavy atom. The molecule has 1 aromatic carbocycles. The number of rotatable bonds is 4. The van der Waals surface area contributed by atoms with Crippen molar-refractivity contribution in [3.05, 3.63) is 28.5 Å². The Labute approximate surface area is 180 Å². The lowest BCUT2D eigenvalue weighted by Gasteiger charge is -2.16. The molecule has 0 bridgehead atoms. The second kappa shape index (κ2) is 7.68. The molecule has 2 heterocycles. The fourth-order valence-corrected chi connectivity index (χ4v) is 4.54. The number of amides is 1. The number of alkyl halides is 6. The first-order chi connectivity index (χ1) is 14.6. The van der Waals surface area contributed by atoms with Crippen molar-refractivity contribution in [2.75, 3.05) is 17.7 Å². The predicted molar refractivity (Wildman–Crippen MR) is 101 cm³/mol. The molecule has 0 aliphatic heterocycles. The summed E-state index contributed by atoms with van der Waals surface area (Å²) >= 11 is 0.0435. The van der Waals surface area contributed by atoms with Gasteiger partial charge in [0.2, 0.25) is 16.0 Å². The van der Waals surface area contributed by atoms with Crippen molar-refractivity contribution in [3.63, 3.8) is 0 Å². The summed E-state index contributed by atoms with van der Waals surface area (Å²) in [6.07, 6.45) is -9.66. The first-order valence-corrected chi connectivity index (χ1v) is 11.0. The third-order valence-corrected chi connectivity index (χ3v) is 7.24. The number of sulfone groups is 1. The van der Waals surface area contributed by atoms with Gasteiger partial charge >= 0.3 is 12.4 Å². The smallest absolute Gasteiger partial charge is 0.323 e. The van der Waals surface area contributed by atoms with Gasteiger partial charge in [-0.3, -0.25) is 9.69 Å². The number of hydrogen-bond donors (Lipinski definition) is 0. The summed E-state index contributed by atoms with van der Waals surface area (Å²) in [6.45, 7) is 1.27. The summed E-state index contributed by atoms with van der Waals surface area (Å²) in [4.78, 5) is 16.5. The molecule has 174 valence electrons. The molecule has 0 unspecified atom stereocenters. The van der Waals surface area contributed by atoms with Gasteiger partial charge in [-0.25, -0.2) is 13.4 Å². The average Bonchev–Trinajstić information content (AvgIpc) is 3.31. The fraction of sp³-hybridized carbons (Fsp3) is 0.375. The summed E-state index contributed by atoms with van der Waals surface area (Å²) in [7, 11) is -2.05. The van der Waals surface area contributed by atoms with E-state index in [0.717, 1.165) is 26.2 Å². The number of aromatic nitrogens is 4. The standard InChI is InChI=1S/C16H13F6N5O3S2/c1-4-32(29,30)10-6-9-8(23-12(26(9)2)15(17,18)19)5-7(10)11(28)27(3)14-25-24-13(31-14)16(20,21)22/h5-6H,4H2,1-3H3. The van der Waals surface area contributed by atoms with Crippen LogP contribution in [0.25, 0.3) is 11.0 Å². The summed E-state index contributed by atoms with van der Waals surface area (Å²) in [5.74, 6) is -2.91. The van der Waals surface area contributed by atoms with Gasteiger partial charge in [-0.1, -0.05) is 18.3 Å². The highest BCUT2D eigenvalue weighted by atomic mass is 32.2. The molecule has 8 nitrogen and oxygen atoms in total. The van der Waals surface area contributed by atoms with E-state index in [1.165, 1.54) is 6.92 Å². The van der Waals surface area contributed by atoms with Crippen LogP contribution in [0.4, 0.5) is 31.5 Å². The summed E-state index contributed by atoms with van der Waals surface area (Å²) in [5, 5.41) is 4.43. The molecule has 0 N–H and O–H groups in total. The van der Waals surface area contributed by atoms with Crippen molar-refractivity contribution in [1.29, 1.82) is 0 Å². The molecular weight excluding hydrogens is 488 g/mol. The summed E-state index contributed by atoms with van der Waals surface area (Å²) < 4.78 is 104. The molecule has 0 saturated heterocycles. The number of halogens is 6. The number of imidazole rings is 1. The van der Waals surface area contributed by atoms with Crippen molar-refractivity contribution in [2.24, 2.45) is 7.05 Å². The average molecular weight is 501 g/mol. The molecule has 16 heteroatoms. The first kappa shape index (κ1) is 23.9. The maximum Gasteiger partial charge on any atom is 0.449 e. The van der Waals surface area contributed by atoms with Crippen molar-refractivity contribution in [2.45, 2.75) is 24.2 Å². The van der Waals surface area contributed by atoms with E-state index in [0.29, 0.717) is 9.47 Å². The van der Waals surface area contributed by atoms with E-state index in [1.807, 2.05) is 0 Å². The maximum atomic E-state index is 13.2. The topological polar surface area (TPSA) is 98.1 Å².